The third-order valence-corrected chi connectivity index (χ3v) is 6.05. The van der Waals surface area contributed by atoms with Gasteiger partial charge in [0.15, 0.2) is 0 Å². The number of nitrogens with zero attached hydrogens (tertiary/aromatic N) is 1. The van der Waals surface area contributed by atoms with Crippen molar-refractivity contribution in [3.05, 3.63) is 29.8 Å². The molecule has 1 saturated heterocycles. The van der Waals surface area contributed by atoms with Crippen molar-refractivity contribution in [2.45, 2.75) is 45.6 Å². The molecule has 1 aliphatic rings. The lowest BCUT2D eigenvalue weighted by Gasteiger charge is -2.20. The highest BCUT2D eigenvalue weighted by molar-refractivity contribution is 7.89. The lowest BCUT2D eigenvalue weighted by Crippen LogP contribution is -2.43. The standard InChI is InChI=1S/C18H28N2O4S/c1-14(19-17(21)12-20-10-5-11-25(20,22)23)13-24-16-8-6-15(7-9-16)18(2,3)4/h6-9,14H,5,10-13H2,1-4H3,(H,19,21). The van der Waals surface area contributed by atoms with E-state index >= 15 is 0 Å². The quantitative estimate of drug-likeness (QED) is 0.832. The van der Waals surface area contributed by atoms with Crippen LogP contribution in [0.25, 0.3) is 0 Å². The molecule has 7 heteroatoms. The van der Waals surface area contributed by atoms with Crippen LogP contribution in [0.3, 0.4) is 0 Å². The molecule has 1 atom stereocenters. The van der Waals surface area contributed by atoms with Crippen molar-refractivity contribution in [2.75, 3.05) is 25.4 Å². The molecule has 1 aromatic carbocycles. The van der Waals surface area contributed by atoms with E-state index in [-0.39, 0.29) is 29.7 Å². The third kappa shape index (κ3) is 5.71. The van der Waals surface area contributed by atoms with Crippen LogP contribution in [-0.4, -0.2) is 50.1 Å². The second kappa shape index (κ2) is 7.74. The fraction of sp³-hybridized carbons (Fsp3) is 0.611. The summed E-state index contributed by atoms with van der Waals surface area (Å²) < 4.78 is 30.4. The molecule has 2 rings (SSSR count). The summed E-state index contributed by atoms with van der Waals surface area (Å²) in [6, 6.07) is 7.71. The number of hydrogen-bond donors (Lipinski definition) is 1. The monoisotopic (exact) mass is 368 g/mol. The predicted molar refractivity (Wildman–Crippen MR) is 98.2 cm³/mol. The van der Waals surface area contributed by atoms with Gasteiger partial charge >= 0.3 is 0 Å². The molecule has 1 heterocycles. The van der Waals surface area contributed by atoms with Crippen LogP contribution in [0.5, 0.6) is 5.75 Å². The van der Waals surface area contributed by atoms with Gasteiger partial charge in [0.1, 0.15) is 12.4 Å². The first-order valence-corrected chi connectivity index (χ1v) is 10.2. The van der Waals surface area contributed by atoms with Crippen LogP contribution in [0.2, 0.25) is 0 Å². The highest BCUT2D eigenvalue weighted by Gasteiger charge is 2.30. The van der Waals surface area contributed by atoms with Crippen LogP contribution in [-0.2, 0) is 20.2 Å². The Labute approximate surface area is 150 Å². The molecule has 1 N–H and O–H groups in total. The second-order valence-corrected chi connectivity index (χ2v) is 9.65. The number of carbonyl (C=O) groups is 1. The van der Waals surface area contributed by atoms with E-state index < -0.39 is 10.0 Å². The zero-order valence-corrected chi connectivity index (χ0v) is 16.2. The largest absolute Gasteiger partial charge is 0.491 e. The average molecular weight is 368 g/mol. The van der Waals surface area contributed by atoms with Gasteiger partial charge in [-0.15, -0.1) is 0 Å². The lowest BCUT2D eigenvalue weighted by molar-refractivity contribution is -0.122. The van der Waals surface area contributed by atoms with E-state index in [4.69, 9.17) is 4.74 Å². The first-order chi connectivity index (χ1) is 11.6. The fourth-order valence-corrected chi connectivity index (χ4v) is 4.14. The number of benzene rings is 1. The van der Waals surface area contributed by atoms with Gasteiger partial charge in [-0.25, -0.2) is 8.42 Å². The molecule has 0 bridgehead atoms. The van der Waals surface area contributed by atoms with Crippen molar-refractivity contribution in [1.82, 2.24) is 9.62 Å². The van der Waals surface area contributed by atoms with Crippen LogP contribution in [0.1, 0.15) is 39.7 Å². The van der Waals surface area contributed by atoms with E-state index in [2.05, 4.69) is 26.1 Å². The maximum atomic E-state index is 12.0. The minimum Gasteiger partial charge on any atom is -0.491 e. The van der Waals surface area contributed by atoms with Crippen molar-refractivity contribution in [3.8, 4) is 5.75 Å². The second-order valence-electron chi connectivity index (χ2n) is 7.56. The van der Waals surface area contributed by atoms with E-state index in [0.29, 0.717) is 19.6 Å². The maximum absolute atomic E-state index is 12.0. The number of nitrogens with one attached hydrogen (secondary N) is 1. The van der Waals surface area contributed by atoms with Crippen LogP contribution in [0.4, 0.5) is 0 Å². The molecule has 6 nitrogen and oxygen atoms in total. The zero-order valence-electron chi connectivity index (χ0n) is 15.4. The molecule has 0 aromatic heterocycles. The van der Waals surface area contributed by atoms with Crippen molar-refractivity contribution >= 4 is 15.9 Å². The molecule has 1 aliphatic heterocycles. The third-order valence-electron chi connectivity index (χ3n) is 4.15. The van der Waals surface area contributed by atoms with Gasteiger partial charge < -0.3 is 10.1 Å². The number of sulfonamides is 1. The van der Waals surface area contributed by atoms with Crippen LogP contribution < -0.4 is 10.1 Å². The van der Waals surface area contributed by atoms with Gasteiger partial charge in [-0.2, -0.15) is 4.31 Å². The molecule has 140 valence electrons. The van der Waals surface area contributed by atoms with E-state index in [0.717, 1.165) is 5.75 Å². The van der Waals surface area contributed by atoms with Crippen LogP contribution >= 0.6 is 0 Å². The van der Waals surface area contributed by atoms with E-state index in [1.807, 2.05) is 31.2 Å². The molecule has 1 unspecified atom stereocenters. The first kappa shape index (κ1) is 19.7. The lowest BCUT2D eigenvalue weighted by atomic mass is 9.87. The van der Waals surface area contributed by atoms with Crippen LogP contribution in [0.15, 0.2) is 24.3 Å². The SMILES string of the molecule is CC(COc1ccc(C(C)(C)C)cc1)NC(=O)CN1CCCS1(=O)=O. The van der Waals surface area contributed by atoms with Crippen molar-refractivity contribution in [3.63, 3.8) is 0 Å². The van der Waals surface area contributed by atoms with Gasteiger partial charge in [0.2, 0.25) is 15.9 Å². The van der Waals surface area contributed by atoms with Gasteiger partial charge in [0.25, 0.3) is 0 Å². The normalized spacial score (nSPS) is 18.7. The summed E-state index contributed by atoms with van der Waals surface area (Å²) in [6.45, 7) is 8.92. The van der Waals surface area contributed by atoms with Gasteiger partial charge in [0.05, 0.1) is 18.3 Å². The molecule has 0 saturated carbocycles. The highest BCUT2D eigenvalue weighted by atomic mass is 32.2. The predicted octanol–water partition coefficient (Wildman–Crippen LogP) is 1.90. The molecule has 1 aromatic rings. The molecule has 1 fully saturated rings. The Bertz CT molecular complexity index is 693. The van der Waals surface area contributed by atoms with Crippen molar-refractivity contribution < 1.29 is 17.9 Å². The maximum Gasteiger partial charge on any atom is 0.235 e. The Morgan fingerprint density at radius 3 is 2.44 bits per heavy atom. The summed E-state index contributed by atoms with van der Waals surface area (Å²) >= 11 is 0. The van der Waals surface area contributed by atoms with Gasteiger partial charge in [0, 0.05) is 6.54 Å². The first-order valence-electron chi connectivity index (χ1n) is 8.58. The molecule has 0 spiro atoms. The van der Waals surface area contributed by atoms with Gasteiger partial charge in [-0.05, 0) is 36.5 Å². The number of carbonyl (C=O) groups excluding carboxylic acids is 1. The topological polar surface area (TPSA) is 75.7 Å². The molecule has 25 heavy (non-hydrogen) atoms. The Kier molecular flexibility index (Phi) is 6.11. The number of amides is 1. The number of hydrogen-bond acceptors (Lipinski definition) is 4. The van der Waals surface area contributed by atoms with Crippen molar-refractivity contribution in [1.29, 1.82) is 0 Å². The molecular formula is C18H28N2O4S. The van der Waals surface area contributed by atoms with Crippen molar-refractivity contribution in [2.24, 2.45) is 0 Å². The minimum atomic E-state index is -3.25. The smallest absolute Gasteiger partial charge is 0.235 e. The van der Waals surface area contributed by atoms with E-state index in [1.54, 1.807) is 0 Å². The summed E-state index contributed by atoms with van der Waals surface area (Å²) in [5.74, 6) is 0.574. The Hall–Kier alpha value is -1.60. The Morgan fingerprint density at radius 1 is 1.28 bits per heavy atom. The zero-order chi connectivity index (χ0) is 18.7. The molecule has 1 amide bonds. The Morgan fingerprint density at radius 2 is 1.92 bits per heavy atom. The van der Waals surface area contributed by atoms with Crippen LogP contribution in [0, 0.1) is 0 Å². The molecule has 0 aliphatic carbocycles. The fourth-order valence-electron chi connectivity index (χ4n) is 2.66. The summed E-state index contributed by atoms with van der Waals surface area (Å²) in [6.07, 6.45) is 0.582. The van der Waals surface area contributed by atoms with E-state index in [1.165, 1.54) is 9.87 Å². The number of rotatable bonds is 6. The summed E-state index contributed by atoms with van der Waals surface area (Å²) in [5, 5.41) is 2.78. The van der Waals surface area contributed by atoms with Gasteiger partial charge in [-0.1, -0.05) is 32.9 Å². The Balaban J connectivity index is 1.78. The summed E-state index contributed by atoms with van der Waals surface area (Å²) in [5.41, 5.74) is 1.32. The summed E-state index contributed by atoms with van der Waals surface area (Å²) in [7, 11) is -3.25. The van der Waals surface area contributed by atoms with E-state index in [9.17, 15) is 13.2 Å². The summed E-state index contributed by atoms with van der Waals surface area (Å²) in [4.78, 5) is 12.0. The number of ether oxygens (including phenoxy) is 1. The molecule has 0 radical (unpaired) electrons. The average Bonchev–Trinajstić information content (AvgIpc) is 2.83. The minimum absolute atomic E-state index is 0.0930. The van der Waals surface area contributed by atoms with Gasteiger partial charge in [-0.3, -0.25) is 4.79 Å². The molecular weight excluding hydrogens is 340 g/mol. The highest BCUT2D eigenvalue weighted by Crippen LogP contribution is 2.24.